The molecule has 6 nitrogen and oxygen atoms in total. The Hall–Kier alpha value is -0.840. The van der Waals surface area contributed by atoms with Crippen molar-refractivity contribution < 1.29 is 17.9 Å². The van der Waals surface area contributed by atoms with Gasteiger partial charge in [0.25, 0.3) is 10.0 Å². The average Bonchev–Trinajstić information content (AvgIpc) is 3.02. The Morgan fingerprint density at radius 2 is 1.96 bits per heavy atom. The van der Waals surface area contributed by atoms with Gasteiger partial charge in [-0.3, -0.25) is 0 Å². The maximum absolute atomic E-state index is 12.2. The van der Waals surface area contributed by atoms with Crippen LogP contribution in [0.4, 0.5) is 0 Å². The molecule has 0 aliphatic rings. The minimum Gasteiger partial charge on any atom is -0.382 e. The van der Waals surface area contributed by atoms with Crippen molar-refractivity contribution in [2.45, 2.75) is 5.03 Å². The lowest BCUT2D eigenvalue weighted by molar-refractivity contribution is 0.0736. The van der Waals surface area contributed by atoms with Crippen LogP contribution in [0.25, 0.3) is 10.6 Å². The molecule has 2 aromatic rings. The van der Waals surface area contributed by atoms with Gasteiger partial charge in [-0.2, -0.15) is 0 Å². The van der Waals surface area contributed by atoms with Crippen LogP contribution < -0.4 is 4.72 Å². The fraction of sp³-hybridized carbons (Fsp3) is 0.357. The summed E-state index contributed by atoms with van der Waals surface area (Å²) in [6.45, 7) is 1.39. The zero-order valence-electron chi connectivity index (χ0n) is 12.5. The summed E-state index contributed by atoms with van der Waals surface area (Å²) in [5, 5.41) is 2.22. The van der Waals surface area contributed by atoms with Crippen molar-refractivity contribution in [2.75, 3.05) is 33.5 Å². The third-order valence-corrected chi connectivity index (χ3v) is 5.73. The van der Waals surface area contributed by atoms with Crippen LogP contribution in [0.2, 0.25) is 0 Å². The van der Waals surface area contributed by atoms with Gasteiger partial charge in [-0.05, 0) is 12.1 Å². The SMILES string of the molecule is COCCOCCNS(=O)(=O)c1csc(-c2ccc(Br)cc2)n1. The molecule has 0 spiro atoms. The molecule has 9 heteroatoms. The monoisotopic (exact) mass is 420 g/mol. The van der Waals surface area contributed by atoms with Crippen LogP contribution in [0.5, 0.6) is 0 Å². The van der Waals surface area contributed by atoms with E-state index in [1.54, 1.807) is 7.11 Å². The molecule has 0 fully saturated rings. The van der Waals surface area contributed by atoms with E-state index in [0.29, 0.717) is 18.2 Å². The highest BCUT2D eigenvalue weighted by Gasteiger charge is 2.18. The molecule has 0 atom stereocenters. The second-order valence-corrected chi connectivity index (χ2v) is 7.99. The quantitative estimate of drug-likeness (QED) is 0.630. The first kappa shape index (κ1) is 18.5. The smallest absolute Gasteiger partial charge is 0.258 e. The molecule has 23 heavy (non-hydrogen) atoms. The predicted molar refractivity (Wildman–Crippen MR) is 93.1 cm³/mol. The second kappa shape index (κ2) is 8.86. The van der Waals surface area contributed by atoms with Crippen molar-refractivity contribution in [1.29, 1.82) is 0 Å². The van der Waals surface area contributed by atoms with Gasteiger partial charge in [0.1, 0.15) is 5.01 Å². The number of nitrogens with zero attached hydrogens (tertiary/aromatic N) is 1. The number of nitrogens with one attached hydrogen (secondary N) is 1. The molecule has 0 saturated heterocycles. The van der Waals surface area contributed by atoms with Crippen LogP contribution in [0, 0.1) is 0 Å². The Labute approximate surface area is 148 Å². The topological polar surface area (TPSA) is 77.5 Å². The number of aromatic nitrogens is 1. The minimum atomic E-state index is -3.62. The fourth-order valence-corrected chi connectivity index (χ4v) is 4.05. The number of methoxy groups -OCH3 is 1. The highest BCUT2D eigenvalue weighted by molar-refractivity contribution is 9.10. The highest BCUT2D eigenvalue weighted by atomic mass is 79.9. The summed E-state index contributed by atoms with van der Waals surface area (Å²) in [5.41, 5.74) is 0.877. The van der Waals surface area contributed by atoms with Crippen molar-refractivity contribution >= 4 is 37.3 Å². The minimum absolute atomic E-state index is 0.0253. The predicted octanol–water partition coefficient (Wildman–Crippen LogP) is 2.51. The summed E-state index contributed by atoms with van der Waals surface area (Å²) >= 11 is 4.66. The normalized spacial score (nSPS) is 11.7. The van der Waals surface area contributed by atoms with Crippen molar-refractivity contribution in [2.24, 2.45) is 0 Å². The van der Waals surface area contributed by atoms with Crippen LogP contribution >= 0.6 is 27.3 Å². The van der Waals surface area contributed by atoms with Crippen molar-refractivity contribution in [1.82, 2.24) is 9.71 Å². The Kier molecular flexibility index (Phi) is 7.12. The van der Waals surface area contributed by atoms with Crippen LogP contribution in [0.3, 0.4) is 0 Å². The van der Waals surface area contributed by atoms with Gasteiger partial charge in [-0.15, -0.1) is 11.3 Å². The van der Waals surface area contributed by atoms with E-state index in [1.165, 1.54) is 16.7 Å². The second-order valence-electron chi connectivity index (χ2n) is 4.50. The van der Waals surface area contributed by atoms with Gasteiger partial charge in [0, 0.05) is 29.1 Å². The lowest BCUT2D eigenvalue weighted by atomic mass is 10.2. The zero-order chi connectivity index (χ0) is 16.7. The van der Waals surface area contributed by atoms with Crippen LogP contribution in [0.15, 0.2) is 39.1 Å². The summed E-state index contributed by atoms with van der Waals surface area (Å²) in [4.78, 5) is 4.20. The molecule has 0 bridgehead atoms. The first-order valence-corrected chi connectivity index (χ1v) is 9.96. The maximum atomic E-state index is 12.2. The lowest BCUT2D eigenvalue weighted by Crippen LogP contribution is -2.28. The molecular formula is C14H17BrN2O4S2. The highest BCUT2D eigenvalue weighted by Crippen LogP contribution is 2.26. The number of benzene rings is 1. The molecule has 1 N–H and O–H groups in total. The Balaban J connectivity index is 1.94. The molecule has 0 aliphatic carbocycles. The molecule has 1 aromatic carbocycles. The number of rotatable bonds is 9. The molecule has 126 valence electrons. The molecular weight excluding hydrogens is 404 g/mol. The van der Waals surface area contributed by atoms with E-state index < -0.39 is 10.0 Å². The van der Waals surface area contributed by atoms with Crippen molar-refractivity contribution in [3.8, 4) is 10.6 Å². The molecule has 1 aromatic heterocycles. The zero-order valence-corrected chi connectivity index (χ0v) is 15.7. The Morgan fingerprint density at radius 1 is 1.22 bits per heavy atom. The maximum Gasteiger partial charge on any atom is 0.258 e. The molecule has 2 rings (SSSR count). The van der Waals surface area contributed by atoms with E-state index >= 15 is 0 Å². The molecule has 0 radical (unpaired) electrons. The molecule has 1 heterocycles. The number of halogens is 1. The number of hydrogen-bond acceptors (Lipinski definition) is 6. The Bertz CT molecular complexity index is 717. The van der Waals surface area contributed by atoms with Crippen molar-refractivity contribution in [3.05, 3.63) is 34.1 Å². The van der Waals surface area contributed by atoms with Gasteiger partial charge in [-0.1, -0.05) is 28.1 Å². The van der Waals surface area contributed by atoms with E-state index in [9.17, 15) is 8.42 Å². The van der Waals surface area contributed by atoms with Crippen LogP contribution in [-0.2, 0) is 19.5 Å². The first-order valence-electron chi connectivity index (χ1n) is 6.81. The summed E-state index contributed by atoms with van der Waals surface area (Å²) in [6, 6.07) is 7.55. The number of thiazole rings is 1. The fourth-order valence-electron chi connectivity index (χ4n) is 1.67. The summed E-state index contributed by atoms with van der Waals surface area (Å²) in [6.07, 6.45) is 0. The molecule has 0 saturated carbocycles. The van der Waals surface area contributed by atoms with Crippen LogP contribution in [-0.4, -0.2) is 46.9 Å². The number of ether oxygens (including phenoxy) is 2. The number of hydrogen-bond donors (Lipinski definition) is 1. The van der Waals surface area contributed by atoms with Gasteiger partial charge >= 0.3 is 0 Å². The van der Waals surface area contributed by atoms with Gasteiger partial charge in [0.2, 0.25) is 0 Å². The van der Waals surface area contributed by atoms with E-state index in [2.05, 4.69) is 25.6 Å². The van der Waals surface area contributed by atoms with Gasteiger partial charge in [0.05, 0.1) is 19.8 Å². The van der Waals surface area contributed by atoms with Gasteiger partial charge in [-0.25, -0.2) is 18.1 Å². The Morgan fingerprint density at radius 3 is 2.65 bits per heavy atom. The average molecular weight is 421 g/mol. The van der Waals surface area contributed by atoms with E-state index in [1.807, 2.05) is 24.3 Å². The lowest BCUT2D eigenvalue weighted by Gasteiger charge is -2.05. The first-order chi connectivity index (χ1) is 11.0. The molecule has 0 unspecified atom stereocenters. The third-order valence-electron chi connectivity index (χ3n) is 2.82. The third kappa shape index (κ3) is 5.63. The van der Waals surface area contributed by atoms with E-state index in [4.69, 9.17) is 9.47 Å². The summed E-state index contributed by atoms with van der Waals surface area (Å²) in [7, 11) is -2.04. The van der Waals surface area contributed by atoms with Crippen molar-refractivity contribution in [3.63, 3.8) is 0 Å². The number of sulfonamides is 1. The van der Waals surface area contributed by atoms with Gasteiger partial charge in [0.15, 0.2) is 5.03 Å². The largest absolute Gasteiger partial charge is 0.382 e. The standard InChI is InChI=1S/C14H17BrN2O4S2/c1-20-8-9-21-7-6-16-23(18,19)13-10-22-14(17-13)11-2-4-12(15)5-3-11/h2-5,10,16H,6-9H2,1H3. The van der Waals surface area contributed by atoms with E-state index in [-0.39, 0.29) is 18.2 Å². The summed E-state index contributed by atoms with van der Waals surface area (Å²) < 4.78 is 37.8. The molecule has 0 amide bonds. The van der Waals surface area contributed by atoms with Gasteiger partial charge < -0.3 is 9.47 Å². The summed E-state index contributed by atoms with van der Waals surface area (Å²) in [5.74, 6) is 0. The van der Waals surface area contributed by atoms with Crippen LogP contribution in [0.1, 0.15) is 0 Å². The molecule has 0 aliphatic heterocycles. The van der Waals surface area contributed by atoms with E-state index in [0.717, 1.165) is 10.0 Å².